The summed E-state index contributed by atoms with van der Waals surface area (Å²) < 4.78 is 0. The molecule has 2 aromatic rings. The maximum Gasteiger partial charge on any atom is 0.321 e. The van der Waals surface area contributed by atoms with Gasteiger partial charge in [-0.3, -0.25) is 5.32 Å². The first-order chi connectivity index (χ1) is 11.1. The largest absolute Gasteiger partial charge is 0.337 e. The van der Waals surface area contributed by atoms with E-state index in [1.165, 1.54) is 4.88 Å². The molecular formula is C16H19ClN4OS. The van der Waals surface area contributed by atoms with Gasteiger partial charge in [-0.1, -0.05) is 23.7 Å². The molecule has 0 aliphatic carbocycles. The summed E-state index contributed by atoms with van der Waals surface area (Å²) in [6.07, 6.45) is 1.71. The molecule has 1 aliphatic heterocycles. The summed E-state index contributed by atoms with van der Waals surface area (Å²) in [4.78, 5) is 20.0. The normalized spacial score (nSPS) is 14.3. The smallest absolute Gasteiger partial charge is 0.321 e. The number of likely N-dealkylation sites (N-methyl/N-ethyl adjacent to an activating group) is 1. The molecule has 1 aromatic carbocycles. The average molecular weight is 351 g/mol. The van der Waals surface area contributed by atoms with Gasteiger partial charge in [0.15, 0.2) is 5.13 Å². The van der Waals surface area contributed by atoms with Gasteiger partial charge in [0, 0.05) is 36.0 Å². The Hall–Kier alpha value is -1.63. The van der Waals surface area contributed by atoms with Crippen molar-refractivity contribution < 1.29 is 4.79 Å². The van der Waals surface area contributed by atoms with Gasteiger partial charge in [0.05, 0.1) is 5.69 Å². The quantitative estimate of drug-likeness (QED) is 0.890. The highest BCUT2D eigenvalue weighted by Crippen LogP contribution is 2.27. The van der Waals surface area contributed by atoms with E-state index in [1.54, 1.807) is 11.3 Å². The van der Waals surface area contributed by atoms with Crippen LogP contribution in [0.15, 0.2) is 24.3 Å². The first-order valence-corrected chi connectivity index (χ1v) is 8.76. The van der Waals surface area contributed by atoms with Crippen molar-refractivity contribution in [3.63, 3.8) is 0 Å². The van der Waals surface area contributed by atoms with Crippen molar-refractivity contribution in [1.29, 1.82) is 0 Å². The van der Waals surface area contributed by atoms with Crippen LogP contribution in [0.4, 0.5) is 9.93 Å². The lowest BCUT2D eigenvalue weighted by atomic mass is 10.1. The van der Waals surface area contributed by atoms with Crippen molar-refractivity contribution in [2.24, 2.45) is 0 Å². The highest BCUT2D eigenvalue weighted by molar-refractivity contribution is 7.15. The Morgan fingerprint density at radius 2 is 2.17 bits per heavy atom. The van der Waals surface area contributed by atoms with Gasteiger partial charge in [0.2, 0.25) is 0 Å². The number of hydrogen-bond acceptors (Lipinski definition) is 4. The second-order valence-corrected chi connectivity index (χ2v) is 7.15. The third-order valence-corrected chi connectivity index (χ3v) is 5.00. The highest BCUT2D eigenvalue weighted by atomic mass is 35.5. The van der Waals surface area contributed by atoms with Gasteiger partial charge < -0.3 is 10.2 Å². The number of hydrogen-bond donors (Lipinski definition) is 2. The third-order valence-electron chi connectivity index (χ3n) is 3.76. The van der Waals surface area contributed by atoms with Gasteiger partial charge in [-0.05, 0) is 31.2 Å². The molecule has 2 amide bonds. The molecule has 0 spiro atoms. The van der Waals surface area contributed by atoms with E-state index in [1.807, 2.05) is 24.3 Å². The van der Waals surface area contributed by atoms with E-state index in [0.717, 1.165) is 42.2 Å². The number of aromatic nitrogens is 1. The lowest BCUT2D eigenvalue weighted by Crippen LogP contribution is -2.30. The van der Waals surface area contributed by atoms with Crippen molar-refractivity contribution in [3.05, 3.63) is 45.4 Å². The van der Waals surface area contributed by atoms with E-state index in [0.29, 0.717) is 11.7 Å². The van der Waals surface area contributed by atoms with Crippen LogP contribution in [-0.2, 0) is 19.4 Å². The molecule has 122 valence electrons. The SMILES string of the molecule is CN1CCc2nc(NC(=O)NCCc3ccc(Cl)cc3)sc2C1. The summed E-state index contributed by atoms with van der Waals surface area (Å²) >= 11 is 7.41. The zero-order chi connectivity index (χ0) is 16.2. The van der Waals surface area contributed by atoms with Crippen LogP contribution in [0.2, 0.25) is 5.02 Å². The maximum atomic E-state index is 11.9. The maximum absolute atomic E-state index is 11.9. The van der Waals surface area contributed by atoms with E-state index in [-0.39, 0.29) is 6.03 Å². The number of urea groups is 1. The number of amides is 2. The summed E-state index contributed by atoms with van der Waals surface area (Å²) in [7, 11) is 2.10. The Balaban J connectivity index is 1.47. The van der Waals surface area contributed by atoms with Gasteiger partial charge in [0.1, 0.15) is 0 Å². The van der Waals surface area contributed by atoms with E-state index >= 15 is 0 Å². The van der Waals surface area contributed by atoms with Crippen molar-refractivity contribution >= 4 is 34.1 Å². The molecule has 1 aromatic heterocycles. The predicted octanol–water partition coefficient (Wildman–Crippen LogP) is 3.15. The summed E-state index contributed by atoms with van der Waals surface area (Å²) in [6, 6.07) is 7.43. The van der Waals surface area contributed by atoms with Gasteiger partial charge >= 0.3 is 6.03 Å². The van der Waals surface area contributed by atoms with Crippen LogP contribution in [0.3, 0.4) is 0 Å². The molecule has 0 atom stereocenters. The van der Waals surface area contributed by atoms with Crippen molar-refractivity contribution in [2.75, 3.05) is 25.5 Å². The van der Waals surface area contributed by atoms with Crippen LogP contribution in [0.5, 0.6) is 0 Å². The van der Waals surface area contributed by atoms with Gasteiger partial charge in [0.25, 0.3) is 0 Å². The minimum absolute atomic E-state index is 0.210. The van der Waals surface area contributed by atoms with Gasteiger partial charge in [-0.15, -0.1) is 11.3 Å². The number of nitrogens with zero attached hydrogens (tertiary/aromatic N) is 2. The van der Waals surface area contributed by atoms with Crippen LogP contribution < -0.4 is 10.6 Å². The van der Waals surface area contributed by atoms with Crippen molar-refractivity contribution in [1.82, 2.24) is 15.2 Å². The van der Waals surface area contributed by atoms with E-state index in [9.17, 15) is 4.79 Å². The number of rotatable bonds is 4. The van der Waals surface area contributed by atoms with Crippen molar-refractivity contribution in [2.45, 2.75) is 19.4 Å². The number of halogens is 1. The fraction of sp³-hybridized carbons (Fsp3) is 0.375. The summed E-state index contributed by atoms with van der Waals surface area (Å²) in [6.45, 7) is 2.50. The predicted molar refractivity (Wildman–Crippen MR) is 94.3 cm³/mol. The van der Waals surface area contributed by atoms with E-state index in [2.05, 4.69) is 27.6 Å². The Labute approximate surface area is 144 Å². The monoisotopic (exact) mass is 350 g/mol. The second-order valence-electron chi connectivity index (χ2n) is 5.63. The minimum atomic E-state index is -0.210. The first-order valence-electron chi connectivity index (χ1n) is 7.56. The molecule has 23 heavy (non-hydrogen) atoms. The Bertz CT molecular complexity index is 686. The molecule has 3 rings (SSSR count). The number of carbonyl (C=O) groups excluding carboxylic acids is 1. The minimum Gasteiger partial charge on any atom is -0.337 e. The number of fused-ring (bicyclic) bond motifs is 1. The highest BCUT2D eigenvalue weighted by Gasteiger charge is 2.18. The fourth-order valence-electron chi connectivity index (χ4n) is 2.49. The fourth-order valence-corrected chi connectivity index (χ4v) is 3.70. The molecule has 1 aliphatic rings. The topological polar surface area (TPSA) is 57.3 Å². The molecule has 2 N–H and O–H groups in total. The van der Waals surface area contributed by atoms with Crippen LogP contribution in [-0.4, -0.2) is 36.1 Å². The Kier molecular flexibility index (Phi) is 5.15. The van der Waals surface area contributed by atoms with E-state index < -0.39 is 0 Å². The standard InChI is InChI=1S/C16H19ClN4OS/c1-21-9-7-13-14(10-21)23-16(19-13)20-15(22)18-8-6-11-2-4-12(17)5-3-11/h2-5H,6-10H2,1H3,(H2,18,19,20,22). The Morgan fingerprint density at radius 1 is 1.39 bits per heavy atom. The molecule has 7 heteroatoms. The zero-order valence-electron chi connectivity index (χ0n) is 12.9. The molecule has 0 fully saturated rings. The summed E-state index contributed by atoms with van der Waals surface area (Å²) in [5.74, 6) is 0. The lowest BCUT2D eigenvalue weighted by Gasteiger charge is -2.20. The number of anilines is 1. The molecule has 5 nitrogen and oxygen atoms in total. The zero-order valence-corrected chi connectivity index (χ0v) is 14.5. The molecule has 0 bridgehead atoms. The molecular weight excluding hydrogens is 332 g/mol. The van der Waals surface area contributed by atoms with Crippen LogP contribution in [0.1, 0.15) is 16.1 Å². The summed E-state index contributed by atoms with van der Waals surface area (Å²) in [5.41, 5.74) is 2.26. The number of nitrogens with one attached hydrogen (secondary N) is 2. The lowest BCUT2D eigenvalue weighted by molar-refractivity contribution is 0.252. The number of benzene rings is 1. The van der Waals surface area contributed by atoms with E-state index in [4.69, 9.17) is 11.6 Å². The molecule has 0 saturated carbocycles. The van der Waals surface area contributed by atoms with Crippen LogP contribution in [0.25, 0.3) is 0 Å². The second kappa shape index (κ2) is 7.29. The van der Waals surface area contributed by atoms with Crippen molar-refractivity contribution in [3.8, 4) is 0 Å². The molecule has 0 radical (unpaired) electrons. The third kappa shape index (κ3) is 4.43. The first kappa shape index (κ1) is 16.2. The average Bonchev–Trinajstić information content (AvgIpc) is 2.90. The van der Waals surface area contributed by atoms with Gasteiger partial charge in [-0.2, -0.15) is 0 Å². The molecule has 0 saturated heterocycles. The van der Waals surface area contributed by atoms with Gasteiger partial charge in [-0.25, -0.2) is 9.78 Å². The van der Waals surface area contributed by atoms with Crippen LogP contribution in [0, 0.1) is 0 Å². The Morgan fingerprint density at radius 3 is 2.96 bits per heavy atom. The molecule has 0 unspecified atom stereocenters. The van der Waals surface area contributed by atoms with Crippen LogP contribution >= 0.6 is 22.9 Å². The number of carbonyl (C=O) groups is 1. The summed E-state index contributed by atoms with van der Waals surface area (Å²) in [5, 5.41) is 7.08. The number of thiazole rings is 1. The molecule has 2 heterocycles.